The van der Waals surface area contributed by atoms with Crippen molar-refractivity contribution in [1.29, 1.82) is 0 Å². The van der Waals surface area contributed by atoms with Crippen LogP contribution in [0.25, 0.3) is 0 Å². The molecule has 0 radical (unpaired) electrons. The molecule has 0 aliphatic heterocycles. The number of nitrogens with zero attached hydrogens (tertiary/aromatic N) is 2. The van der Waals surface area contributed by atoms with E-state index in [-0.39, 0.29) is 0 Å². The van der Waals surface area contributed by atoms with Crippen molar-refractivity contribution in [2.45, 2.75) is 31.8 Å². The Hall–Kier alpha value is -1.07. The Bertz CT molecular complexity index is 546. The molecule has 1 aliphatic rings. The number of fused-ring (bicyclic) bond motifs is 1. The number of aromatic nitrogens is 2. The number of aryl methyl sites for hydroxylation is 1. The summed E-state index contributed by atoms with van der Waals surface area (Å²) >= 11 is 3.32. The van der Waals surface area contributed by atoms with Crippen LogP contribution in [0.5, 0.6) is 0 Å². The van der Waals surface area contributed by atoms with E-state index in [0.717, 1.165) is 23.4 Å². The van der Waals surface area contributed by atoms with Gasteiger partial charge in [0, 0.05) is 24.3 Å². The summed E-state index contributed by atoms with van der Waals surface area (Å²) in [5.41, 5.74) is 2.70. The average molecular weight is 310 g/mol. The summed E-state index contributed by atoms with van der Waals surface area (Å²) < 4.78 is 8.28. The summed E-state index contributed by atoms with van der Waals surface area (Å²) in [5, 5.41) is 7.91. The lowest BCUT2D eigenvalue weighted by Gasteiger charge is -2.23. The van der Waals surface area contributed by atoms with Crippen LogP contribution in [0.2, 0.25) is 0 Å². The van der Waals surface area contributed by atoms with Gasteiger partial charge in [0.25, 0.3) is 0 Å². The van der Waals surface area contributed by atoms with Crippen LogP contribution in [0, 0.1) is 0 Å². The highest BCUT2D eigenvalue weighted by Gasteiger charge is 2.23. The Kier molecular flexibility index (Phi) is 3.26. The summed E-state index contributed by atoms with van der Waals surface area (Å²) in [6, 6.07) is 4.31. The molecule has 1 N–H and O–H groups in total. The van der Waals surface area contributed by atoms with Gasteiger partial charge in [-0.2, -0.15) is 5.10 Å². The monoisotopic (exact) mass is 309 g/mol. The maximum absolute atomic E-state index is 5.50. The fourth-order valence-corrected chi connectivity index (χ4v) is 2.93. The molecular formula is C13H16BrN3O. The molecule has 0 saturated carbocycles. The van der Waals surface area contributed by atoms with Gasteiger partial charge in [-0.25, -0.2) is 0 Å². The largest absolute Gasteiger partial charge is 0.453 e. The second kappa shape index (κ2) is 4.90. The predicted molar refractivity (Wildman–Crippen MR) is 72.1 cm³/mol. The van der Waals surface area contributed by atoms with Crippen molar-refractivity contribution in [1.82, 2.24) is 15.1 Å². The van der Waals surface area contributed by atoms with Crippen molar-refractivity contribution in [2.24, 2.45) is 7.05 Å². The van der Waals surface area contributed by atoms with E-state index in [9.17, 15) is 0 Å². The van der Waals surface area contributed by atoms with Gasteiger partial charge in [-0.3, -0.25) is 4.68 Å². The third kappa shape index (κ3) is 2.24. The Morgan fingerprint density at radius 1 is 1.56 bits per heavy atom. The van der Waals surface area contributed by atoms with Crippen LogP contribution in [0.4, 0.5) is 0 Å². The lowest BCUT2D eigenvalue weighted by molar-refractivity contribution is 0.408. The molecule has 0 fully saturated rings. The molecular weight excluding hydrogens is 294 g/mol. The molecule has 4 nitrogen and oxygen atoms in total. The van der Waals surface area contributed by atoms with E-state index in [2.05, 4.69) is 26.3 Å². The van der Waals surface area contributed by atoms with E-state index in [1.807, 2.05) is 30.1 Å². The van der Waals surface area contributed by atoms with Crippen molar-refractivity contribution < 1.29 is 4.42 Å². The van der Waals surface area contributed by atoms with Crippen LogP contribution in [0.15, 0.2) is 27.4 Å². The predicted octanol–water partition coefficient (Wildman–Crippen LogP) is 2.94. The Morgan fingerprint density at radius 2 is 2.44 bits per heavy atom. The highest BCUT2D eigenvalue weighted by Crippen LogP contribution is 2.29. The molecule has 1 unspecified atom stereocenters. The van der Waals surface area contributed by atoms with Crippen molar-refractivity contribution >= 4 is 15.9 Å². The molecule has 2 aromatic rings. The molecule has 2 aromatic heterocycles. The van der Waals surface area contributed by atoms with E-state index >= 15 is 0 Å². The highest BCUT2D eigenvalue weighted by molar-refractivity contribution is 9.10. The number of rotatable bonds is 3. The number of nitrogens with one attached hydrogen (secondary N) is 1. The fourth-order valence-electron chi connectivity index (χ4n) is 2.59. The first-order valence-electron chi connectivity index (χ1n) is 6.22. The van der Waals surface area contributed by atoms with Crippen molar-refractivity contribution in [3.8, 4) is 0 Å². The summed E-state index contributed by atoms with van der Waals surface area (Å²) in [6.45, 7) is 0.755. The minimum Gasteiger partial charge on any atom is -0.453 e. The molecule has 1 aliphatic carbocycles. The zero-order chi connectivity index (χ0) is 12.5. The van der Waals surface area contributed by atoms with E-state index in [1.54, 1.807) is 0 Å². The van der Waals surface area contributed by atoms with Crippen LogP contribution in [-0.4, -0.2) is 9.78 Å². The Balaban J connectivity index is 1.71. The van der Waals surface area contributed by atoms with Gasteiger partial charge in [-0.05, 0) is 47.3 Å². The first-order chi connectivity index (χ1) is 8.74. The molecule has 5 heteroatoms. The molecule has 0 saturated heterocycles. The third-order valence-corrected chi connectivity index (χ3v) is 3.95. The summed E-state index contributed by atoms with van der Waals surface area (Å²) in [6.07, 6.45) is 5.51. The quantitative estimate of drug-likeness (QED) is 0.948. The van der Waals surface area contributed by atoms with Gasteiger partial charge >= 0.3 is 0 Å². The summed E-state index contributed by atoms with van der Waals surface area (Å²) in [4.78, 5) is 0. The van der Waals surface area contributed by atoms with Crippen LogP contribution in [0.1, 0.15) is 35.9 Å². The lowest BCUT2D eigenvalue weighted by atomic mass is 9.93. The fraction of sp³-hybridized carbons (Fsp3) is 0.462. The van der Waals surface area contributed by atoms with Crippen LogP contribution >= 0.6 is 15.9 Å². The van der Waals surface area contributed by atoms with E-state index in [0.29, 0.717) is 6.04 Å². The minimum absolute atomic E-state index is 0.395. The number of hydrogen-bond acceptors (Lipinski definition) is 3. The molecule has 0 spiro atoms. The number of hydrogen-bond donors (Lipinski definition) is 1. The molecule has 3 rings (SSSR count). The third-order valence-electron chi connectivity index (χ3n) is 3.53. The van der Waals surface area contributed by atoms with Gasteiger partial charge in [0.1, 0.15) is 5.76 Å². The Labute approximate surface area is 114 Å². The van der Waals surface area contributed by atoms with Gasteiger partial charge in [-0.15, -0.1) is 0 Å². The standard InChI is InChI=1S/C13H16BrN3O/c1-17-12-4-2-3-11(10(12)8-16-17)15-7-9-5-6-13(14)18-9/h5-6,8,11,15H,2-4,7H2,1H3. The number of furan rings is 1. The molecule has 2 heterocycles. The average Bonchev–Trinajstić information content (AvgIpc) is 2.94. The molecule has 96 valence electrons. The van der Waals surface area contributed by atoms with Crippen molar-refractivity contribution in [3.63, 3.8) is 0 Å². The Morgan fingerprint density at radius 3 is 3.22 bits per heavy atom. The highest BCUT2D eigenvalue weighted by atomic mass is 79.9. The first-order valence-corrected chi connectivity index (χ1v) is 7.01. The molecule has 0 amide bonds. The number of halogens is 1. The zero-order valence-electron chi connectivity index (χ0n) is 10.3. The van der Waals surface area contributed by atoms with E-state index in [1.165, 1.54) is 24.1 Å². The van der Waals surface area contributed by atoms with Gasteiger partial charge < -0.3 is 9.73 Å². The lowest BCUT2D eigenvalue weighted by Crippen LogP contribution is -2.24. The van der Waals surface area contributed by atoms with Crippen LogP contribution in [0.3, 0.4) is 0 Å². The smallest absolute Gasteiger partial charge is 0.169 e. The minimum atomic E-state index is 0.395. The van der Waals surface area contributed by atoms with Crippen LogP contribution < -0.4 is 5.32 Å². The maximum atomic E-state index is 5.50. The molecule has 18 heavy (non-hydrogen) atoms. The van der Waals surface area contributed by atoms with Crippen molar-refractivity contribution in [3.05, 3.63) is 40.0 Å². The first kappa shape index (κ1) is 12.0. The van der Waals surface area contributed by atoms with Gasteiger partial charge in [-0.1, -0.05) is 0 Å². The van der Waals surface area contributed by atoms with Gasteiger partial charge in [0.05, 0.1) is 12.7 Å². The van der Waals surface area contributed by atoms with Crippen molar-refractivity contribution in [2.75, 3.05) is 0 Å². The molecule has 0 bridgehead atoms. The summed E-state index contributed by atoms with van der Waals surface area (Å²) in [7, 11) is 2.02. The normalized spacial score (nSPS) is 18.9. The SMILES string of the molecule is Cn1ncc2c1CCCC2NCc1ccc(Br)o1. The second-order valence-corrected chi connectivity index (χ2v) is 5.48. The maximum Gasteiger partial charge on any atom is 0.169 e. The van der Waals surface area contributed by atoms with Crippen LogP contribution in [-0.2, 0) is 20.0 Å². The van der Waals surface area contributed by atoms with E-state index in [4.69, 9.17) is 4.42 Å². The molecule has 0 aromatic carbocycles. The second-order valence-electron chi connectivity index (χ2n) is 4.70. The van der Waals surface area contributed by atoms with E-state index < -0.39 is 0 Å². The topological polar surface area (TPSA) is 43.0 Å². The summed E-state index contributed by atoms with van der Waals surface area (Å²) in [5.74, 6) is 0.956. The zero-order valence-corrected chi connectivity index (χ0v) is 11.9. The molecule has 1 atom stereocenters. The van der Waals surface area contributed by atoms with Gasteiger partial charge in [0.15, 0.2) is 4.67 Å². The van der Waals surface area contributed by atoms with Gasteiger partial charge in [0.2, 0.25) is 0 Å².